The van der Waals surface area contributed by atoms with Gasteiger partial charge in [-0.2, -0.15) is 0 Å². The van der Waals surface area contributed by atoms with E-state index >= 15 is 0 Å². The highest BCUT2D eigenvalue weighted by Crippen LogP contribution is 2.53. The van der Waals surface area contributed by atoms with Crippen LogP contribution in [0.2, 0.25) is 0 Å². The van der Waals surface area contributed by atoms with Crippen LogP contribution in [0.5, 0.6) is 0 Å². The minimum absolute atomic E-state index is 0.302. The molecule has 2 aromatic rings. The van der Waals surface area contributed by atoms with Gasteiger partial charge in [0.1, 0.15) is 0 Å². The van der Waals surface area contributed by atoms with Crippen LogP contribution in [0, 0.1) is 41.5 Å². The third-order valence-electron chi connectivity index (χ3n) is 4.57. The lowest BCUT2D eigenvalue weighted by molar-refractivity contribution is 0.100. The van der Waals surface area contributed by atoms with Gasteiger partial charge >= 0.3 is 7.37 Å². The average molecular weight is 372 g/mol. The fourth-order valence-corrected chi connectivity index (χ4v) is 5.40. The van der Waals surface area contributed by atoms with Gasteiger partial charge in [-0.25, -0.2) is 0 Å². The lowest BCUT2D eigenvalue weighted by Gasteiger charge is -2.19. The maximum atomic E-state index is 13.4. The molecule has 0 saturated carbocycles. The first-order valence-electron chi connectivity index (χ1n) is 8.44. The van der Waals surface area contributed by atoms with Crippen LogP contribution in [0.15, 0.2) is 24.3 Å². The zero-order valence-corrected chi connectivity index (χ0v) is 17.3. The fourth-order valence-electron chi connectivity index (χ4n) is 3.59. The normalized spacial score (nSPS) is 11.5. The Morgan fingerprint density at radius 2 is 0.962 bits per heavy atom. The lowest BCUT2D eigenvalue weighted by atomic mass is 10.0. The van der Waals surface area contributed by atoms with Crippen molar-refractivity contribution in [2.24, 2.45) is 0 Å². The first-order valence-corrected chi connectivity index (χ1v) is 10.1. The zero-order chi connectivity index (χ0) is 19.8. The van der Waals surface area contributed by atoms with E-state index < -0.39 is 18.4 Å². The standard InChI is InChI=1S/C21H25O4P/c1-12-8-14(3)18(15(4)9-12)20(22)26(24,25-7)21(23)19-16(5)10-13(2)11-17(19)6/h8-11H,1-7H3. The predicted molar refractivity (Wildman–Crippen MR) is 105 cm³/mol. The van der Waals surface area contributed by atoms with Gasteiger partial charge in [0.05, 0.1) is 0 Å². The van der Waals surface area contributed by atoms with Gasteiger partial charge in [-0.1, -0.05) is 35.4 Å². The van der Waals surface area contributed by atoms with Crippen molar-refractivity contribution in [2.45, 2.75) is 41.5 Å². The molecule has 5 heteroatoms. The SMILES string of the molecule is COP(=O)(C(=O)c1c(C)cc(C)cc1C)C(=O)c1c(C)cc(C)cc1C. The molecule has 2 aromatic carbocycles. The molecule has 0 bridgehead atoms. The molecule has 2 rings (SSSR count). The summed E-state index contributed by atoms with van der Waals surface area (Å²) in [5.41, 5.74) is 3.89. The van der Waals surface area contributed by atoms with E-state index in [0.717, 1.165) is 18.2 Å². The van der Waals surface area contributed by atoms with Crippen molar-refractivity contribution < 1.29 is 18.7 Å². The van der Waals surface area contributed by atoms with Crippen molar-refractivity contribution in [1.82, 2.24) is 0 Å². The van der Waals surface area contributed by atoms with E-state index in [9.17, 15) is 14.2 Å². The minimum atomic E-state index is -4.24. The van der Waals surface area contributed by atoms with Crippen molar-refractivity contribution in [3.63, 3.8) is 0 Å². The molecular weight excluding hydrogens is 347 g/mol. The summed E-state index contributed by atoms with van der Waals surface area (Å²) in [4.78, 5) is 26.3. The Morgan fingerprint density at radius 3 is 1.19 bits per heavy atom. The molecule has 0 aliphatic rings. The van der Waals surface area contributed by atoms with Crippen LogP contribution in [0.4, 0.5) is 0 Å². The second kappa shape index (κ2) is 7.30. The Labute approximate surface area is 155 Å². The van der Waals surface area contributed by atoms with Crippen LogP contribution in [0.1, 0.15) is 54.1 Å². The molecule has 138 valence electrons. The maximum Gasteiger partial charge on any atom is 0.339 e. The van der Waals surface area contributed by atoms with Crippen molar-refractivity contribution in [3.8, 4) is 0 Å². The van der Waals surface area contributed by atoms with Crippen molar-refractivity contribution in [1.29, 1.82) is 0 Å². The first kappa shape index (κ1) is 20.3. The van der Waals surface area contributed by atoms with Gasteiger partial charge in [0, 0.05) is 18.2 Å². The summed E-state index contributed by atoms with van der Waals surface area (Å²) < 4.78 is 18.5. The van der Waals surface area contributed by atoms with Gasteiger partial charge in [-0.15, -0.1) is 0 Å². The van der Waals surface area contributed by atoms with E-state index in [-0.39, 0.29) is 0 Å². The number of carbonyl (C=O) groups is 2. The smallest absolute Gasteiger partial charge is 0.321 e. The summed E-state index contributed by atoms with van der Waals surface area (Å²) in [5, 5.41) is 0. The molecule has 0 fully saturated rings. The molecule has 0 aromatic heterocycles. The number of hydrogen-bond donors (Lipinski definition) is 0. The molecule has 0 aliphatic heterocycles. The largest absolute Gasteiger partial charge is 0.339 e. The molecule has 0 radical (unpaired) electrons. The first-order chi connectivity index (χ1) is 12.0. The van der Waals surface area contributed by atoms with Crippen LogP contribution in [-0.2, 0) is 9.09 Å². The number of benzene rings is 2. The number of hydrogen-bond acceptors (Lipinski definition) is 4. The van der Waals surface area contributed by atoms with Gasteiger partial charge in [0.25, 0.3) is 11.0 Å². The second-order valence-corrected chi connectivity index (χ2v) is 9.17. The molecular formula is C21H25O4P. The highest BCUT2D eigenvalue weighted by Gasteiger charge is 2.43. The van der Waals surface area contributed by atoms with Crippen LogP contribution in [-0.4, -0.2) is 18.2 Å². The molecule has 0 unspecified atom stereocenters. The van der Waals surface area contributed by atoms with Gasteiger partial charge in [0.2, 0.25) is 0 Å². The Hall–Kier alpha value is -2.03. The van der Waals surface area contributed by atoms with E-state index in [1.165, 1.54) is 0 Å². The maximum absolute atomic E-state index is 13.4. The molecule has 0 aliphatic carbocycles. The van der Waals surface area contributed by atoms with E-state index in [2.05, 4.69) is 0 Å². The predicted octanol–water partition coefficient (Wildman–Crippen LogP) is 5.44. The summed E-state index contributed by atoms with van der Waals surface area (Å²) in [6, 6.07) is 7.36. The number of rotatable bonds is 5. The van der Waals surface area contributed by atoms with Crippen molar-refractivity contribution in [3.05, 3.63) is 68.8 Å². The summed E-state index contributed by atoms with van der Waals surface area (Å²) >= 11 is 0. The van der Waals surface area contributed by atoms with E-state index in [4.69, 9.17) is 4.52 Å². The summed E-state index contributed by atoms with van der Waals surface area (Å²) in [6.07, 6.45) is 0. The number of aryl methyl sites for hydroxylation is 6. The highest BCUT2D eigenvalue weighted by atomic mass is 31.2. The summed E-state index contributed by atoms with van der Waals surface area (Å²) in [5.74, 6) is 0. The highest BCUT2D eigenvalue weighted by molar-refractivity contribution is 7.91. The molecule has 0 amide bonds. The molecule has 0 heterocycles. The van der Waals surface area contributed by atoms with Gasteiger partial charge < -0.3 is 4.52 Å². The third-order valence-corrected chi connectivity index (χ3v) is 6.60. The van der Waals surface area contributed by atoms with E-state index in [1.54, 1.807) is 27.7 Å². The molecule has 0 saturated heterocycles. The van der Waals surface area contributed by atoms with Crippen LogP contribution in [0.25, 0.3) is 0 Å². The van der Waals surface area contributed by atoms with Crippen LogP contribution < -0.4 is 0 Å². The monoisotopic (exact) mass is 372 g/mol. The van der Waals surface area contributed by atoms with E-state index in [0.29, 0.717) is 33.4 Å². The minimum Gasteiger partial charge on any atom is -0.321 e. The molecule has 0 atom stereocenters. The third kappa shape index (κ3) is 3.44. The summed E-state index contributed by atoms with van der Waals surface area (Å²) in [6.45, 7) is 11.0. The zero-order valence-electron chi connectivity index (χ0n) is 16.4. The quantitative estimate of drug-likeness (QED) is 0.656. The Bertz CT molecular complexity index is 837. The van der Waals surface area contributed by atoms with E-state index in [1.807, 2.05) is 38.1 Å². The van der Waals surface area contributed by atoms with Crippen LogP contribution in [0.3, 0.4) is 0 Å². The Balaban J connectivity index is 2.64. The molecule has 0 N–H and O–H groups in total. The van der Waals surface area contributed by atoms with Crippen LogP contribution >= 0.6 is 7.37 Å². The van der Waals surface area contributed by atoms with Gasteiger partial charge in [-0.3, -0.25) is 14.2 Å². The topological polar surface area (TPSA) is 60.4 Å². The fraction of sp³-hybridized carbons (Fsp3) is 0.333. The van der Waals surface area contributed by atoms with Crippen molar-refractivity contribution >= 4 is 18.4 Å². The Morgan fingerprint density at radius 1 is 0.692 bits per heavy atom. The second-order valence-electron chi connectivity index (χ2n) is 6.89. The summed E-state index contributed by atoms with van der Waals surface area (Å²) in [7, 11) is -3.08. The lowest BCUT2D eigenvalue weighted by Crippen LogP contribution is -2.16. The molecule has 4 nitrogen and oxygen atoms in total. The molecule has 26 heavy (non-hydrogen) atoms. The van der Waals surface area contributed by atoms with Gasteiger partial charge in [-0.05, 0) is 63.8 Å². The number of carbonyl (C=O) groups excluding carboxylic acids is 2. The molecule has 0 spiro atoms. The Kier molecular flexibility index (Phi) is 5.70. The average Bonchev–Trinajstić information content (AvgIpc) is 2.51. The van der Waals surface area contributed by atoms with Gasteiger partial charge in [0.15, 0.2) is 0 Å². The van der Waals surface area contributed by atoms with Crippen molar-refractivity contribution in [2.75, 3.05) is 7.11 Å².